The monoisotopic (exact) mass is 270 g/mol. The second-order valence-corrected chi connectivity index (χ2v) is 5.65. The van der Waals surface area contributed by atoms with E-state index in [2.05, 4.69) is 30.3 Å². The molecule has 0 fully saturated rings. The lowest BCUT2D eigenvalue weighted by Crippen LogP contribution is -2.44. The van der Waals surface area contributed by atoms with Crippen LogP contribution in [0.2, 0.25) is 0 Å². The van der Waals surface area contributed by atoms with Crippen molar-refractivity contribution in [3.8, 4) is 0 Å². The van der Waals surface area contributed by atoms with Crippen molar-refractivity contribution >= 4 is 16.7 Å². The molecule has 2 rings (SSSR count). The van der Waals surface area contributed by atoms with Crippen LogP contribution < -0.4 is 5.73 Å². The van der Waals surface area contributed by atoms with Gasteiger partial charge in [-0.2, -0.15) is 0 Å². The summed E-state index contributed by atoms with van der Waals surface area (Å²) < 4.78 is 0. The Balaban J connectivity index is 2.13. The minimum Gasteiger partial charge on any atom is -0.340 e. The summed E-state index contributed by atoms with van der Waals surface area (Å²) in [6, 6.07) is 14.1. The second-order valence-electron chi connectivity index (χ2n) is 5.65. The standard InChI is InChI=1S/C17H22N2O/c1-12(2)16(18)17(20)19(3)11-13-8-9-14-6-4-5-7-15(14)10-13/h4-10,12,16H,11,18H2,1-3H3/t16-/m0/s1. The molecule has 2 aromatic carbocycles. The van der Waals surface area contributed by atoms with Gasteiger partial charge in [0.25, 0.3) is 0 Å². The van der Waals surface area contributed by atoms with Gasteiger partial charge < -0.3 is 10.6 Å². The van der Waals surface area contributed by atoms with E-state index < -0.39 is 6.04 Å². The number of rotatable bonds is 4. The van der Waals surface area contributed by atoms with Crippen molar-refractivity contribution in [1.29, 1.82) is 0 Å². The highest BCUT2D eigenvalue weighted by molar-refractivity contribution is 5.84. The van der Waals surface area contributed by atoms with Crippen molar-refractivity contribution in [3.05, 3.63) is 48.0 Å². The lowest BCUT2D eigenvalue weighted by atomic mass is 10.0. The van der Waals surface area contributed by atoms with Crippen molar-refractivity contribution in [2.75, 3.05) is 7.05 Å². The highest BCUT2D eigenvalue weighted by Crippen LogP contribution is 2.17. The van der Waals surface area contributed by atoms with Crippen LogP contribution in [-0.2, 0) is 11.3 Å². The van der Waals surface area contributed by atoms with Crippen LogP contribution in [-0.4, -0.2) is 23.9 Å². The fourth-order valence-corrected chi connectivity index (χ4v) is 2.23. The summed E-state index contributed by atoms with van der Waals surface area (Å²) in [5.74, 6) is 0.148. The molecule has 0 saturated heterocycles. The van der Waals surface area contributed by atoms with E-state index in [1.54, 1.807) is 11.9 Å². The van der Waals surface area contributed by atoms with E-state index in [0.717, 1.165) is 5.56 Å². The predicted molar refractivity (Wildman–Crippen MR) is 83.2 cm³/mol. The summed E-state index contributed by atoms with van der Waals surface area (Å²) >= 11 is 0. The number of carbonyl (C=O) groups is 1. The number of nitrogens with two attached hydrogens (primary N) is 1. The summed E-state index contributed by atoms with van der Waals surface area (Å²) in [6.07, 6.45) is 0. The average molecular weight is 270 g/mol. The van der Waals surface area contributed by atoms with Crippen LogP contribution >= 0.6 is 0 Å². The molecule has 0 aliphatic rings. The molecule has 20 heavy (non-hydrogen) atoms. The Bertz CT molecular complexity index is 607. The molecule has 0 bridgehead atoms. The Kier molecular flexibility index (Phi) is 4.40. The Labute approximate surface area is 120 Å². The Morgan fingerprint density at radius 2 is 1.80 bits per heavy atom. The molecule has 2 N–H and O–H groups in total. The third-order valence-electron chi connectivity index (χ3n) is 3.61. The summed E-state index contributed by atoms with van der Waals surface area (Å²) in [4.78, 5) is 13.9. The third-order valence-corrected chi connectivity index (χ3v) is 3.61. The first kappa shape index (κ1) is 14.5. The van der Waals surface area contributed by atoms with E-state index in [9.17, 15) is 4.79 Å². The van der Waals surface area contributed by atoms with Gasteiger partial charge in [0.2, 0.25) is 5.91 Å². The molecule has 1 atom stereocenters. The molecule has 0 spiro atoms. The van der Waals surface area contributed by atoms with Crippen molar-refractivity contribution in [2.24, 2.45) is 11.7 Å². The van der Waals surface area contributed by atoms with Crippen LogP contribution in [0.5, 0.6) is 0 Å². The molecule has 0 aromatic heterocycles. The van der Waals surface area contributed by atoms with E-state index in [1.165, 1.54) is 10.8 Å². The van der Waals surface area contributed by atoms with E-state index in [-0.39, 0.29) is 11.8 Å². The van der Waals surface area contributed by atoms with Gasteiger partial charge in [-0.25, -0.2) is 0 Å². The van der Waals surface area contributed by atoms with Crippen LogP contribution in [0.25, 0.3) is 10.8 Å². The van der Waals surface area contributed by atoms with Crippen molar-refractivity contribution in [2.45, 2.75) is 26.4 Å². The zero-order valence-electron chi connectivity index (χ0n) is 12.3. The largest absolute Gasteiger partial charge is 0.340 e. The van der Waals surface area contributed by atoms with Crippen molar-refractivity contribution in [1.82, 2.24) is 4.90 Å². The van der Waals surface area contributed by atoms with Crippen LogP contribution in [0.15, 0.2) is 42.5 Å². The number of nitrogens with zero attached hydrogens (tertiary/aromatic N) is 1. The van der Waals surface area contributed by atoms with Crippen LogP contribution in [0.3, 0.4) is 0 Å². The normalized spacial score (nSPS) is 12.7. The number of amides is 1. The minimum absolute atomic E-state index is 0.00633. The topological polar surface area (TPSA) is 46.3 Å². The van der Waals surface area contributed by atoms with Gasteiger partial charge in [-0.05, 0) is 28.3 Å². The number of likely N-dealkylation sites (N-methyl/N-ethyl adjacent to an activating group) is 1. The summed E-state index contributed by atoms with van der Waals surface area (Å²) in [7, 11) is 1.81. The van der Waals surface area contributed by atoms with Gasteiger partial charge in [0.15, 0.2) is 0 Å². The fraction of sp³-hybridized carbons (Fsp3) is 0.353. The fourth-order valence-electron chi connectivity index (χ4n) is 2.23. The molecule has 0 radical (unpaired) electrons. The smallest absolute Gasteiger partial charge is 0.239 e. The Hall–Kier alpha value is -1.87. The first-order valence-electron chi connectivity index (χ1n) is 6.97. The molecule has 0 aliphatic heterocycles. The molecule has 0 unspecified atom stereocenters. The zero-order valence-corrected chi connectivity index (χ0v) is 12.3. The van der Waals surface area contributed by atoms with Crippen LogP contribution in [0, 0.1) is 5.92 Å². The average Bonchev–Trinajstić information content (AvgIpc) is 2.45. The van der Waals surface area contributed by atoms with Gasteiger partial charge in [-0.1, -0.05) is 50.2 Å². The van der Waals surface area contributed by atoms with Crippen LogP contribution in [0.4, 0.5) is 0 Å². The van der Waals surface area contributed by atoms with E-state index in [4.69, 9.17) is 5.73 Å². The molecular formula is C17H22N2O. The number of fused-ring (bicyclic) bond motifs is 1. The quantitative estimate of drug-likeness (QED) is 0.928. The van der Waals surface area contributed by atoms with Gasteiger partial charge in [0.05, 0.1) is 6.04 Å². The van der Waals surface area contributed by atoms with Gasteiger partial charge in [-0.3, -0.25) is 4.79 Å². The Morgan fingerprint density at radius 3 is 2.45 bits per heavy atom. The van der Waals surface area contributed by atoms with E-state index in [1.807, 2.05) is 26.0 Å². The molecule has 0 heterocycles. The van der Waals surface area contributed by atoms with Crippen molar-refractivity contribution in [3.63, 3.8) is 0 Å². The number of benzene rings is 2. The molecule has 0 saturated carbocycles. The minimum atomic E-state index is -0.430. The number of hydrogen-bond donors (Lipinski definition) is 1. The highest BCUT2D eigenvalue weighted by atomic mass is 16.2. The maximum atomic E-state index is 12.2. The summed E-state index contributed by atoms with van der Waals surface area (Å²) in [5, 5.41) is 2.41. The SMILES string of the molecule is CC(C)[C@H](N)C(=O)N(C)Cc1ccc2ccccc2c1. The molecule has 2 aromatic rings. The summed E-state index contributed by atoms with van der Waals surface area (Å²) in [5.41, 5.74) is 7.03. The molecule has 3 heteroatoms. The molecule has 0 aliphatic carbocycles. The maximum Gasteiger partial charge on any atom is 0.239 e. The lowest BCUT2D eigenvalue weighted by Gasteiger charge is -2.23. The molecule has 1 amide bonds. The Morgan fingerprint density at radius 1 is 1.15 bits per heavy atom. The first-order valence-corrected chi connectivity index (χ1v) is 6.97. The van der Waals surface area contributed by atoms with Crippen molar-refractivity contribution < 1.29 is 4.79 Å². The maximum absolute atomic E-state index is 12.2. The van der Waals surface area contributed by atoms with E-state index >= 15 is 0 Å². The van der Waals surface area contributed by atoms with Gasteiger partial charge >= 0.3 is 0 Å². The molecule has 106 valence electrons. The van der Waals surface area contributed by atoms with Gasteiger partial charge in [-0.15, -0.1) is 0 Å². The third kappa shape index (κ3) is 3.17. The van der Waals surface area contributed by atoms with E-state index in [0.29, 0.717) is 6.54 Å². The van der Waals surface area contributed by atoms with Gasteiger partial charge in [0.1, 0.15) is 0 Å². The molecule has 3 nitrogen and oxygen atoms in total. The number of hydrogen-bond acceptors (Lipinski definition) is 2. The lowest BCUT2D eigenvalue weighted by molar-refractivity contribution is -0.132. The highest BCUT2D eigenvalue weighted by Gasteiger charge is 2.20. The second kappa shape index (κ2) is 6.06. The predicted octanol–water partition coefficient (Wildman–Crippen LogP) is 2.78. The molecular weight excluding hydrogens is 248 g/mol. The summed E-state index contributed by atoms with van der Waals surface area (Å²) in [6.45, 7) is 4.52. The first-order chi connectivity index (χ1) is 9.49. The van der Waals surface area contributed by atoms with Gasteiger partial charge in [0, 0.05) is 13.6 Å². The zero-order chi connectivity index (χ0) is 14.7. The number of carbonyl (C=O) groups excluding carboxylic acids is 1. The van der Waals surface area contributed by atoms with Crippen LogP contribution in [0.1, 0.15) is 19.4 Å².